The minimum atomic E-state index is 0.394. The zero-order valence-electron chi connectivity index (χ0n) is 9.64. The summed E-state index contributed by atoms with van der Waals surface area (Å²) >= 11 is 13.7. The van der Waals surface area contributed by atoms with Crippen molar-refractivity contribution in [3.63, 3.8) is 0 Å². The van der Waals surface area contributed by atoms with Gasteiger partial charge in [-0.05, 0) is 24.7 Å². The maximum Gasteiger partial charge on any atom is 0.0156 e. The molecule has 0 nitrogen and oxygen atoms in total. The van der Waals surface area contributed by atoms with Crippen molar-refractivity contribution in [2.45, 2.75) is 56.3 Å². The summed E-state index contributed by atoms with van der Waals surface area (Å²) in [5.74, 6) is 1.24. The van der Waals surface area contributed by atoms with E-state index in [2.05, 4.69) is 65.6 Å². The third-order valence-electron chi connectivity index (χ3n) is 2.61. The molecule has 0 heterocycles. The average Bonchev–Trinajstić information content (AvgIpc) is 2.11. The maximum absolute atomic E-state index is 4.60. The van der Waals surface area contributed by atoms with Crippen LogP contribution in [0.5, 0.6) is 0 Å². The van der Waals surface area contributed by atoms with Crippen molar-refractivity contribution in [1.82, 2.24) is 0 Å². The predicted molar refractivity (Wildman–Crippen MR) is 77.2 cm³/mol. The van der Waals surface area contributed by atoms with Crippen LogP contribution in [0.4, 0.5) is 0 Å². The minimum Gasteiger partial charge on any atom is -0.176 e. The summed E-state index contributed by atoms with van der Waals surface area (Å²) in [5, 5.41) is 1.29. The molecule has 0 aromatic carbocycles. The molecule has 0 aliphatic rings. The Labute approximate surface area is 106 Å². The number of hydrogen-bond donors (Lipinski definition) is 3. The fourth-order valence-corrected chi connectivity index (χ4v) is 2.08. The van der Waals surface area contributed by atoms with Gasteiger partial charge in [0, 0.05) is 15.7 Å². The van der Waals surface area contributed by atoms with Gasteiger partial charge in [0.05, 0.1) is 0 Å². The monoisotopic (exact) mass is 252 g/mol. The molecule has 0 saturated heterocycles. The highest BCUT2D eigenvalue weighted by Crippen LogP contribution is 2.24. The van der Waals surface area contributed by atoms with Crippen LogP contribution in [-0.2, 0) is 0 Å². The second-order valence-corrected chi connectivity index (χ2v) is 6.61. The third-order valence-corrected chi connectivity index (χ3v) is 5.23. The van der Waals surface area contributed by atoms with Crippen LogP contribution in [0.15, 0.2) is 0 Å². The zero-order chi connectivity index (χ0) is 11.3. The van der Waals surface area contributed by atoms with Crippen molar-refractivity contribution in [3.8, 4) is 0 Å². The topological polar surface area (TPSA) is 0 Å². The fourth-order valence-electron chi connectivity index (χ4n) is 1.29. The quantitative estimate of drug-likeness (QED) is 0.585. The lowest BCUT2D eigenvalue weighted by molar-refractivity contribution is 0.516. The van der Waals surface area contributed by atoms with E-state index in [0.717, 1.165) is 12.8 Å². The van der Waals surface area contributed by atoms with Crippen molar-refractivity contribution < 1.29 is 0 Å². The van der Waals surface area contributed by atoms with Crippen LogP contribution in [0.2, 0.25) is 0 Å². The highest BCUT2D eigenvalue weighted by atomic mass is 32.1. The van der Waals surface area contributed by atoms with Gasteiger partial charge in [0.25, 0.3) is 0 Å². The van der Waals surface area contributed by atoms with E-state index < -0.39 is 0 Å². The van der Waals surface area contributed by atoms with Crippen molar-refractivity contribution in [2.75, 3.05) is 0 Å². The molecule has 0 spiro atoms. The van der Waals surface area contributed by atoms with Gasteiger partial charge in [0.15, 0.2) is 0 Å². The van der Waals surface area contributed by atoms with E-state index in [4.69, 9.17) is 0 Å². The van der Waals surface area contributed by atoms with E-state index in [-0.39, 0.29) is 0 Å². The molecule has 0 aliphatic carbocycles. The van der Waals surface area contributed by atoms with Gasteiger partial charge in [-0.15, -0.1) is 0 Å². The molecule has 0 radical (unpaired) electrons. The minimum absolute atomic E-state index is 0.394. The van der Waals surface area contributed by atoms with Gasteiger partial charge in [0.1, 0.15) is 0 Å². The normalized spacial score (nSPS) is 18.6. The number of hydrogen-bond acceptors (Lipinski definition) is 3. The Morgan fingerprint density at radius 3 is 1.50 bits per heavy atom. The summed E-state index contributed by atoms with van der Waals surface area (Å²) in [6.07, 6.45) is 2.25. The van der Waals surface area contributed by atoms with Crippen LogP contribution in [0.25, 0.3) is 0 Å². The fraction of sp³-hybridized carbons (Fsp3) is 1.00. The lowest BCUT2D eigenvalue weighted by Crippen LogP contribution is -2.23. The zero-order valence-corrected chi connectivity index (χ0v) is 12.3. The van der Waals surface area contributed by atoms with Crippen molar-refractivity contribution in [3.05, 3.63) is 0 Å². The Morgan fingerprint density at radius 1 is 0.714 bits per heavy atom. The Morgan fingerprint density at radius 2 is 1.14 bits per heavy atom. The van der Waals surface area contributed by atoms with E-state index in [1.54, 1.807) is 0 Å². The molecule has 0 bridgehead atoms. The molecular weight excluding hydrogens is 228 g/mol. The number of rotatable bonds is 6. The van der Waals surface area contributed by atoms with Crippen LogP contribution in [-0.4, -0.2) is 15.7 Å². The van der Waals surface area contributed by atoms with E-state index in [1.165, 1.54) is 0 Å². The van der Waals surface area contributed by atoms with Crippen LogP contribution in [0.3, 0.4) is 0 Å². The standard InChI is InChI=1S/C11H24S3/c1-7(2)9(12)5-6-10(13)11(14)8(3)4/h7-14H,5-6H2,1-4H3. The summed E-state index contributed by atoms with van der Waals surface area (Å²) < 4.78 is 0. The van der Waals surface area contributed by atoms with Crippen LogP contribution in [0, 0.1) is 11.8 Å². The first-order valence-corrected chi connectivity index (χ1v) is 6.95. The van der Waals surface area contributed by atoms with Gasteiger partial charge >= 0.3 is 0 Å². The molecule has 3 atom stereocenters. The van der Waals surface area contributed by atoms with E-state index in [0.29, 0.717) is 27.6 Å². The Kier molecular flexibility index (Phi) is 7.89. The largest absolute Gasteiger partial charge is 0.176 e. The van der Waals surface area contributed by atoms with Gasteiger partial charge in [-0.3, -0.25) is 0 Å². The molecule has 14 heavy (non-hydrogen) atoms. The Balaban J connectivity index is 3.78. The van der Waals surface area contributed by atoms with Crippen LogP contribution < -0.4 is 0 Å². The van der Waals surface area contributed by atoms with Crippen molar-refractivity contribution in [2.24, 2.45) is 11.8 Å². The molecule has 0 saturated carbocycles. The predicted octanol–water partition coefficient (Wildman–Crippen LogP) is 3.97. The number of thiol groups is 3. The van der Waals surface area contributed by atoms with Gasteiger partial charge in [-0.1, -0.05) is 27.7 Å². The third kappa shape index (κ3) is 5.82. The van der Waals surface area contributed by atoms with E-state index >= 15 is 0 Å². The molecule has 0 amide bonds. The Bertz CT molecular complexity index is 145. The second-order valence-electron chi connectivity index (χ2n) is 4.69. The van der Waals surface area contributed by atoms with Gasteiger partial charge in [0.2, 0.25) is 0 Å². The van der Waals surface area contributed by atoms with Gasteiger partial charge in [-0.2, -0.15) is 37.9 Å². The van der Waals surface area contributed by atoms with Gasteiger partial charge < -0.3 is 0 Å². The van der Waals surface area contributed by atoms with Crippen LogP contribution in [0.1, 0.15) is 40.5 Å². The second kappa shape index (κ2) is 7.34. The molecule has 0 rings (SSSR count). The molecule has 0 aromatic heterocycles. The van der Waals surface area contributed by atoms with Gasteiger partial charge in [-0.25, -0.2) is 0 Å². The molecule has 0 aliphatic heterocycles. The molecule has 3 heteroatoms. The summed E-state index contributed by atoms with van der Waals surface area (Å²) in [4.78, 5) is 0. The lowest BCUT2D eigenvalue weighted by atomic mass is 9.99. The molecule has 0 N–H and O–H groups in total. The first-order valence-electron chi connectivity index (χ1n) is 5.40. The molecular formula is C11H24S3. The van der Waals surface area contributed by atoms with Crippen molar-refractivity contribution >= 4 is 37.9 Å². The molecule has 86 valence electrons. The summed E-state index contributed by atoms with van der Waals surface area (Å²) in [5.41, 5.74) is 0. The molecule has 0 aromatic rings. The highest BCUT2D eigenvalue weighted by molar-refractivity contribution is 7.85. The molecule has 0 fully saturated rings. The maximum atomic E-state index is 4.60. The smallest absolute Gasteiger partial charge is 0.0156 e. The van der Waals surface area contributed by atoms with E-state index in [1.807, 2.05) is 0 Å². The first-order chi connectivity index (χ1) is 6.36. The van der Waals surface area contributed by atoms with Crippen molar-refractivity contribution in [1.29, 1.82) is 0 Å². The van der Waals surface area contributed by atoms with E-state index in [9.17, 15) is 0 Å². The lowest BCUT2D eigenvalue weighted by Gasteiger charge is -2.23. The van der Waals surface area contributed by atoms with Crippen LogP contribution >= 0.6 is 37.9 Å². The SMILES string of the molecule is CC(C)C(S)CCC(S)C(S)C(C)C. The highest BCUT2D eigenvalue weighted by Gasteiger charge is 2.19. The summed E-state index contributed by atoms with van der Waals surface area (Å²) in [6, 6.07) is 0. The molecule has 3 unspecified atom stereocenters. The summed E-state index contributed by atoms with van der Waals surface area (Å²) in [6.45, 7) is 8.82. The Hall–Kier alpha value is 1.05. The first kappa shape index (κ1) is 15.0. The average molecular weight is 253 g/mol. The summed E-state index contributed by atoms with van der Waals surface area (Å²) in [7, 11) is 0.